The molecule has 3 rings (SSSR count). The number of ether oxygens (including phenoxy) is 1. The number of Topliss-reactive ketones (excluding diaryl/α,β-unsaturated/α-hetero) is 1. The van der Waals surface area contributed by atoms with Gasteiger partial charge in [0.1, 0.15) is 11.3 Å². The zero-order chi connectivity index (χ0) is 26.0. The monoisotopic (exact) mass is 482 g/mol. The summed E-state index contributed by atoms with van der Waals surface area (Å²) in [5.41, 5.74) is 0.820. The molecule has 0 bridgehead atoms. The van der Waals surface area contributed by atoms with Gasteiger partial charge in [-0.25, -0.2) is 9.67 Å². The number of imidazole rings is 1. The minimum Gasteiger partial charge on any atom is -0.375 e. The van der Waals surface area contributed by atoms with Crippen LogP contribution in [0.25, 0.3) is 5.65 Å². The topological polar surface area (TPSA) is 103 Å². The molecule has 190 valence electrons. The molecule has 0 radical (unpaired) electrons. The van der Waals surface area contributed by atoms with Gasteiger partial charge < -0.3 is 14.5 Å². The van der Waals surface area contributed by atoms with E-state index in [0.717, 1.165) is 19.3 Å². The van der Waals surface area contributed by atoms with Gasteiger partial charge in [0.15, 0.2) is 11.5 Å². The second-order valence-corrected chi connectivity index (χ2v) is 11.0. The molecule has 35 heavy (non-hydrogen) atoms. The van der Waals surface area contributed by atoms with Crippen molar-refractivity contribution in [1.29, 1.82) is 0 Å². The molecule has 3 heterocycles. The fourth-order valence-corrected chi connectivity index (χ4v) is 3.49. The van der Waals surface area contributed by atoms with E-state index in [9.17, 15) is 9.59 Å². The van der Waals surface area contributed by atoms with Crippen molar-refractivity contribution >= 4 is 23.0 Å². The van der Waals surface area contributed by atoms with Crippen LogP contribution in [0.4, 0.5) is 5.69 Å². The molecule has 0 aliphatic rings. The third kappa shape index (κ3) is 6.14. The fourth-order valence-electron chi connectivity index (χ4n) is 3.49. The van der Waals surface area contributed by atoms with Crippen molar-refractivity contribution in [2.75, 3.05) is 11.9 Å². The Morgan fingerprint density at radius 2 is 1.69 bits per heavy atom. The quantitative estimate of drug-likeness (QED) is 0.402. The van der Waals surface area contributed by atoms with Crippen molar-refractivity contribution in [3.05, 3.63) is 42.1 Å². The number of hydrogen-bond acceptors (Lipinski definition) is 6. The second kappa shape index (κ2) is 9.89. The molecule has 3 aromatic rings. The molecular weight excluding hydrogens is 444 g/mol. The summed E-state index contributed by atoms with van der Waals surface area (Å²) >= 11 is 0. The molecule has 0 saturated heterocycles. The first kappa shape index (κ1) is 26.5. The summed E-state index contributed by atoms with van der Waals surface area (Å²) in [5.74, 6) is -0.394. The Kier molecular flexibility index (Phi) is 7.50. The number of pyridine rings is 1. The maximum absolute atomic E-state index is 12.9. The Morgan fingerprint density at radius 3 is 2.31 bits per heavy atom. The number of anilines is 1. The summed E-state index contributed by atoms with van der Waals surface area (Å²) in [7, 11) is 0. The average molecular weight is 483 g/mol. The largest absolute Gasteiger partial charge is 0.375 e. The Labute approximate surface area is 207 Å². The van der Waals surface area contributed by atoms with E-state index in [1.54, 1.807) is 39.8 Å². The lowest BCUT2D eigenvalue weighted by Crippen LogP contribution is -2.33. The molecule has 0 saturated carbocycles. The second-order valence-electron chi connectivity index (χ2n) is 11.0. The van der Waals surface area contributed by atoms with Gasteiger partial charge in [0.05, 0.1) is 23.0 Å². The van der Waals surface area contributed by atoms with Crippen LogP contribution in [0, 0.1) is 5.41 Å². The van der Waals surface area contributed by atoms with Crippen LogP contribution in [0.3, 0.4) is 0 Å². The summed E-state index contributed by atoms with van der Waals surface area (Å²) < 4.78 is 9.52. The minimum atomic E-state index is -0.522. The van der Waals surface area contributed by atoms with Crippen molar-refractivity contribution in [3.63, 3.8) is 0 Å². The van der Waals surface area contributed by atoms with Gasteiger partial charge in [0.2, 0.25) is 0 Å². The van der Waals surface area contributed by atoms with Crippen molar-refractivity contribution in [3.8, 4) is 0 Å². The first-order chi connectivity index (χ1) is 16.3. The highest BCUT2D eigenvalue weighted by atomic mass is 16.5. The average Bonchev–Trinajstić information content (AvgIpc) is 3.45. The molecule has 0 spiro atoms. The van der Waals surface area contributed by atoms with Gasteiger partial charge in [-0.3, -0.25) is 9.59 Å². The van der Waals surface area contributed by atoms with Gasteiger partial charge in [0.25, 0.3) is 5.91 Å². The van der Waals surface area contributed by atoms with Crippen molar-refractivity contribution < 1.29 is 14.3 Å². The van der Waals surface area contributed by atoms with E-state index >= 15 is 0 Å². The van der Waals surface area contributed by atoms with Gasteiger partial charge in [-0.1, -0.05) is 39.8 Å². The van der Waals surface area contributed by atoms with E-state index in [4.69, 9.17) is 4.74 Å². The molecule has 0 fully saturated rings. The number of aromatic nitrogens is 5. The number of ketones is 1. The highest BCUT2D eigenvalue weighted by Gasteiger charge is 2.29. The smallest absolute Gasteiger partial charge is 0.277 e. The van der Waals surface area contributed by atoms with E-state index in [1.165, 1.54) is 0 Å². The third-order valence-corrected chi connectivity index (χ3v) is 6.65. The summed E-state index contributed by atoms with van der Waals surface area (Å²) in [6.45, 7) is 16.6. The zero-order valence-electron chi connectivity index (χ0n) is 22.2. The SMILES string of the molecule is CCC(C)(C)OCCC(C)(CC)n1cc(C(=O)Nc2ccc3nc(C(=O)C(C)(C)C)cn3c2)nn1. The number of hydrogen-bond donors (Lipinski definition) is 1. The number of nitrogens with zero attached hydrogens (tertiary/aromatic N) is 5. The molecule has 1 atom stereocenters. The third-order valence-electron chi connectivity index (χ3n) is 6.65. The van der Waals surface area contributed by atoms with E-state index in [-0.39, 0.29) is 28.5 Å². The van der Waals surface area contributed by atoms with Crippen molar-refractivity contribution in [2.45, 2.75) is 85.8 Å². The van der Waals surface area contributed by atoms with E-state index in [1.807, 2.05) is 20.8 Å². The summed E-state index contributed by atoms with van der Waals surface area (Å²) in [4.78, 5) is 29.8. The van der Waals surface area contributed by atoms with E-state index in [0.29, 0.717) is 23.6 Å². The molecule has 1 unspecified atom stereocenters. The van der Waals surface area contributed by atoms with Gasteiger partial charge in [-0.15, -0.1) is 5.10 Å². The van der Waals surface area contributed by atoms with E-state index < -0.39 is 5.41 Å². The fraction of sp³-hybridized carbons (Fsp3) is 0.577. The number of carbonyl (C=O) groups is 2. The maximum atomic E-state index is 12.9. The molecule has 0 aromatic carbocycles. The Balaban J connectivity index is 1.71. The molecule has 1 N–H and O–H groups in total. The summed E-state index contributed by atoms with van der Waals surface area (Å²) in [5, 5.41) is 11.2. The number of carbonyl (C=O) groups excluding carboxylic acids is 2. The van der Waals surface area contributed by atoms with Crippen LogP contribution in [0.2, 0.25) is 0 Å². The lowest BCUT2D eigenvalue weighted by Gasteiger charge is -2.31. The normalized spacial score (nSPS) is 14.2. The molecule has 9 nitrogen and oxygen atoms in total. The molecule has 3 aromatic heterocycles. The van der Waals surface area contributed by atoms with Gasteiger partial charge in [-0.2, -0.15) is 0 Å². The van der Waals surface area contributed by atoms with Crippen LogP contribution in [0.5, 0.6) is 0 Å². The van der Waals surface area contributed by atoms with Crippen LogP contribution >= 0.6 is 0 Å². The lowest BCUT2D eigenvalue weighted by molar-refractivity contribution is -0.0327. The summed E-state index contributed by atoms with van der Waals surface area (Å²) in [6, 6.07) is 3.51. The van der Waals surface area contributed by atoms with Gasteiger partial charge in [0, 0.05) is 24.4 Å². The highest BCUT2D eigenvalue weighted by Crippen LogP contribution is 2.26. The van der Waals surface area contributed by atoms with Crippen LogP contribution in [-0.2, 0) is 10.3 Å². The Morgan fingerprint density at radius 1 is 0.971 bits per heavy atom. The molecule has 0 aliphatic heterocycles. The summed E-state index contributed by atoms with van der Waals surface area (Å²) in [6.07, 6.45) is 7.60. The number of fused-ring (bicyclic) bond motifs is 1. The standard InChI is InChI=1S/C26H38N6O3/c1-9-25(6,7)35-14-13-26(8,10-2)32-17-20(29-30-32)23(34)27-18-11-12-21-28-19(16-31(21)15-18)22(33)24(3,4)5/h11-12,15-17H,9-10,13-14H2,1-8H3,(H,27,34). The van der Waals surface area contributed by atoms with Gasteiger partial charge in [-0.05, 0) is 52.2 Å². The Bertz CT molecular complexity index is 1200. The lowest BCUT2D eigenvalue weighted by atomic mass is 9.89. The minimum absolute atomic E-state index is 0.0361. The first-order valence-electron chi connectivity index (χ1n) is 12.2. The molecule has 0 aliphatic carbocycles. The first-order valence-corrected chi connectivity index (χ1v) is 12.2. The van der Waals surface area contributed by atoms with E-state index in [2.05, 4.69) is 55.2 Å². The van der Waals surface area contributed by atoms with Crippen molar-refractivity contribution in [2.24, 2.45) is 5.41 Å². The predicted molar refractivity (Wildman–Crippen MR) is 136 cm³/mol. The molecular formula is C26H38N6O3. The molecule has 1 amide bonds. The highest BCUT2D eigenvalue weighted by molar-refractivity contribution is 6.02. The predicted octanol–water partition coefficient (Wildman–Crippen LogP) is 5.13. The molecule has 9 heteroatoms. The van der Waals surface area contributed by atoms with Crippen molar-refractivity contribution in [1.82, 2.24) is 24.4 Å². The van der Waals surface area contributed by atoms with Crippen LogP contribution in [0.15, 0.2) is 30.7 Å². The maximum Gasteiger partial charge on any atom is 0.277 e. The number of nitrogens with one attached hydrogen (secondary N) is 1. The van der Waals surface area contributed by atoms with Gasteiger partial charge >= 0.3 is 0 Å². The van der Waals surface area contributed by atoms with Crippen LogP contribution in [0.1, 0.15) is 95.6 Å². The number of amides is 1. The van der Waals surface area contributed by atoms with Crippen LogP contribution in [-0.4, -0.2) is 48.3 Å². The Hall–Kier alpha value is -3.07. The van der Waals surface area contributed by atoms with Crippen LogP contribution < -0.4 is 5.32 Å². The zero-order valence-corrected chi connectivity index (χ0v) is 22.2. The number of rotatable bonds is 10.